The number of hydrogen-bond acceptors (Lipinski definition) is 4. The van der Waals surface area contributed by atoms with E-state index in [1.54, 1.807) is 0 Å². The van der Waals surface area contributed by atoms with E-state index in [0.717, 1.165) is 25.1 Å². The molecule has 0 saturated heterocycles. The number of fused-ring (bicyclic) bond motifs is 1. The van der Waals surface area contributed by atoms with E-state index < -0.39 is 0 Å². The first-order chi connectivity index (χ1) is 13.3. The van der Waals surface area contributed by atoms with Gasteiger partial charge in [0.05, 0.1) is 6.61 Å². The molecule has 0 amide bonds. The lowest BCUT2D eigenvalue weighted by Gasteiger charge is -2.21. The summed E-state index contributed by atoms with van der Waals surface area (Å²) in [7, 11) is 0. The number of aliphatic hydroxyl groups excluding tert-OH is 1. The number of aromatic amines is 1. The maximum absolute atomic E-state index is 9.42. The van der Waals surface area contributed by atoms with Crippen molar-refractivity contribution in [1.29, 1.82) is 0 Å². The molecule has 27 heavy (non-hydrogen) atoms. The van der Waals surface area contributed by atoms with Crippen molar-refractivity contribution in [2.24, 2.45) is 0 Å². The average Bonchev–Trinajstić information content (AvgIpc) is 3.11. The molecule has 0 saturated carbocycles. The molecule has 4 N–H and O–H groups in total. The van der Waals surface area contributed by atoms with Gasteiger partial charge in [-0.05, 0) is 29.2 Å². The summed E-state index contributed by atoms with van der Waals surface area (Å²) in [4.78, 5) is 5.61. The minimum absolute atomic E-state index is 0.156. The predicted molar refractivity (Wildman–Crippen MR) is 110 cm³/mol. The number of nitrogens with zero attached hydrogens (tertiary/aromatic N) is 1. The van der Waals surface area contributed by atoms with Crippen LogP contribution in [0.4, 0.5) is 0 Å². The van der Waals surface area contributed by atoms with Gasteiger partial charge in [0.15, 0.2) is 0 Å². The quantitative estimate of drug-likeness (QED) is 0.417. The monoisotopic (exact) mass is 365 g/mol. The lowest BCUT2D eigenvalue weighted by molar-refractivity contribution is 0.180. The minimum atomic E-state index is 0.156. The molecule has 2 aromatic carbocycles. The Kier molecular flexibility index (Phi) is 7.19. The van der Waals surface area contributed by atoms with Crippen molar-refractivity contribution in [2.75, 3.05) is 26.2 Å². The average molecular weight is 365 g/mol. The highest BCUT2D eigenvalue weighted by Crippen LogP contribution is 2.18. The van der Waals surface area contributed by atoms with Crippen LogP contribution in [0, 0.1) is 0 Å². The maximum atomic E-state index is 9.42. The number of H-pyrrole nitrogens is 1. The van der Waals surface area contributed by atoms with Crippen LogP contribution in [0.2, 0.25) is 0 Å². The molecule has 0 radical (unpaired) electrons. The highest BCUT2D eigenvalue weighted by atomic mass is 16.5. The molecule has 0 aliphatic rings. The number of para-hydroxylation sites is 1. The Balaban J connectivity index is 1.60. The van der Waals surface area contributed by atoms with Crippen LogP contribution >= 0.6 is 0 Å². The van der Waals surface area contributed by atoms with Crippen molar-refractivity contribution in [1.82, 2.24) is 15.4 Å². The van der Waals surface area contributed by atoms with Crippen LogP contribution in [0.1, 0.15) is 16.7 Å². The highest BCUT2D eigenvalue weighted by Gasteiger charge is 2.08. The lowest BCUT2D eigenvalue weighted by Crippen LogP contribution is -2.28. The first kappa shape index (κ1) is 19.3. The van der Waals surface area contributed by atoms with Crippen LogP contribution in [0.25, 0.3) is 17.0 Å². The van der Waals surface area contributed by atoms with E-state index in [-0.39, 0.29) is 6.61 Å². The molecular formula is C22H27N3O2. The second-order valence-electron chi connectivity index (χ2n) is 6.62. The fourth-order valence-corrected chi connectivity index (χ4v) is 3.27. The summed E-state index contributed by atoms with van der Waals surface area (Å²) in [6.45, 7) is 2.95. The van der Waals surface area contributed by atoms with E-state index in [0.29, 0.717) is 13.1 Å². The Labute approximate surface area is 159 Å². The van der Waals surface area contributed by atoms with Gasteiger partial charge in [0.25, 0.3) is 0 Å². The predicted octanol–water partition coefficient (Wildman–Crippen LogP) is 3.20. The van der Waals surface area contributed by atoms with Gasteiger partial charge in [-0.25, -0.2) is 5.48 Å². The van der Waals surface area contributed by atoms with Crippen LogP contribution in [0.5, 0.6) is 0 Å². The number of nitrogens with one attached hydrogen (secondary N) is 2. The maximum Gasteiger partial charge on any atom is 0.0558 e. The van der Waals surface area contributed by atoms with Gasteiger partial charge in [-0.1, -0.05) is 54.6 Å². The van der Waals surface area contributed by atoms with Gasteiger partial charge < -0.3 is 15.3 Å². The largest absolute Gasteiger partial charge is 0.395 e. The fraction of sp³-hybridized carbons (Fsp3) is 0.273. The third kappa shape index (κ3) is 5.52. The smallest absolute Gasteiger partial charge is 0.0558 e. The second-order valence-corrected chi connectivity index (χ2v) is 6.62. The van der Waals surface area contributed by atoms with E-state index in [4.69, 9.17) is 5.21 Å². The molecule has 5 nitrogen and oxygen atoms in total. The molecule has 0 fully saturated rings. The minimum Gasteiger partial charge on any atom is -0.395 e. The van der Waals surface area contributed by atoms with Gasteiger partial charge in [-0.3, -0.25) is 4.90 Å². The second kappa shape index (κ2) is 10.0. The van der Waals surface area contributed by atoms with E-state index >= 15 is 0 Å². The van der Waals surface area contributed by atoms with Crippen LogP contribution in [-0.4, -0.2) is 46.4 Å². The summed E-state index contributed by atoms with van der Waals surface area (Å²) in [5, 5.41) is 19.3. The lowest BCUT2D eigenvalue weighted by atomic mass is 10.1. The van der Waals surface area contributed by atoms with Gasteiger partial charge >= 0.3 is 0 Å². The number of hydroxylamine groups is 1. The Morgan fingerprint density at radius 2 is 1.85 bits per heavy atom. The molecular weight excluding hydrogens is 338 g/mol. The van der Waals surface area contributed by atoms with E-state index in [1.807, 2.05) is 18.2 Å². The molecule has 3 rings (SSSR count). The summed E-state index contributed by atoms with van der Waals surface area (Å²) in [6.07, 6.45) is 6.87. The number of rotatable bonds is 10. The number of hydrogen-bond donors (Lipinski definition) is 4. The van der Waals surface area contributed by atoms with Crippen molar-refractivity contribution < 1.29 is 10.3 Å². The SMILES string of the molecule is OCCN(CCc1c[nH]c2ccccc12)Cc1ccc(/C=C/CNO)cc1. The topological polar surface area (TPSA) is 71.5 Å². The van der Waals surface area contributed by atoms with Gasteiger partial charge in [0.1, 0.15) is 0 Å². The van der Waals surface area contributed by atoms with Crippen molar-refractivity contribution >= 4 is 17.0 Å². The number of aliphatic hydroxyl groups is 1. The van der Waals surface area contributed by atoms with Crippen LogP contribution in [0.15, 0.2) is 60.8 Å². The first-order valence-corrected chi connectivity index (χ1v) is 9.31. The Morgan fingerprint density at radius 1 is 1.04 bits per heavy atom. The van der Waals surface area contributed by atoms with Crippen molar-refractivity contribution in [3.8, 4) is 0 Å². The molecule has 0 spiro atoms. The number of benzene rings is 2. The molecule has 3 aromatic rings. The van der Waals surface area contributed by atoms with Crippen LogP contribution in [0.3, 0.4) is 0 Å². The molecule has 1 heterocycles. The Bertz CT molecular complexity index is 855. The van der Waals surface area contributed by atoms with Crippen molar-refractivity contribution in [2.45, 2.75) is 13.0 Å². The van der Waals surface area contributed by atoms with Crippen LogP contribution in [-0.2, 0) is 13.0 Å². The summed E-state index contributed by atoms with van der Waals surface area (Å²) in [5.74, 6) is 0. The molecule has 0 aliphatic heterocycles. The van der Waals surface area contributed by atoms with Gasteiger partial charge in [-0.2, -0.15) is 0 Å². The van der Waals surface area contributed by atoms with Gasteiger partial charge in [0.2, 0.25) is 0 Å². The third-order valence-corrected chi connectivity index (χ3v) is 4.69. The zero-order valence-electron chi connectivity index (χ0n) is 15.4. The Hall–Kier alpha value is -2.44. The molecule has 0 atom stereocenters. The van der Waals surface area contributed by atoms with Crippen LogP contribution < -0.4 is 5.48 Å². The fourth-order valence-electron chi connectivity index (χ4n) is 3.27. The highest BCUT2D eigenvalue weighted by molar-refractivity contribution is 5.83. The molecule has 142 valence electrons. The molecule has 5 heteroatoms. The standard InChI is InChI=1S/C22H27N3O2/c26-15-14-25(13-11-20-16-23-22-6-2-1-5-21(20)22)17-19-9-7-18(8-10-19)4-3-12-24-27/h1-10,16,23-24,26-27H,11-15,17H2/b4-3+. The first-order valence-electron chi connectivity index (χ1n) is 9.31. The van der Waals surface area contributed by atoms with Gasteiger partial charge in [-0.15, -0.1) is 0 Å². The molecule has 1 aromatic heterocycles. The van der Waals surface area contributed by atoms with Crippen molar-refractivity contribution in [3.63, 3.8) is 0 Å². The summed E-state index contributed by atoms with van der Waals surface area (Å²) in [6, 6.07) is 16.7. The zero-order chi connectivity index (χ0) is 18.9. The Morgan fingerprint density at radius 3 is 2.63 bits per heavy atom. The normalized spacial score (nSPS) is 11.8. The van der Waals surface area contributed by atoms with E-state index in [1.165, 1.54) is 22.0 Å². The molecule has 0 unspecified atom stereocenters. The van der Waals surface area contributed by atoms with Crippen molar-refractivity contribution in [3.05, 3.63) is 77.5 Å². The van der Waals surface area contributed by atoms with Gasteiger partial charge in [0, 0.05) is 43.3 Å². The summed E-state index contributed by atoms with van der Waals surface area (Å²) in [5.41, 5.74) is 6.91. The van der Waals surface area contributed by atoms with E-state index in [9.17, 15) is 5.11 Å². The van der Waals surface area contributed by atoms with E-state index in [2.05, 4.69) is 64.0 Å². The molecule has 0 aliphatic carbocycles. The summed E-state index contributed by atoms with van der Waals surface area (Å²) < 4.78 is 0. The molecule has 0 bridgehead atoms. The zero-order valence-corrected chi connectivity index (χ0v) is 15.4. The summed E-state index contributed by atoms with van der Waals surface area (Å²) >= 11 is 0. The number of aromatic nitrogens is 1. The third-order valence-electron chi connectivity index (χ3n) is 4.69.